The van der Waals surface area contributed by atoms with E-state index >= 15 is 0 Å². The second-order valence-electron chi connectivity index (χ2n) is 6.04. The number of rotatable bonds is 6. The van der Waals surface area contributed by atoms with Crippen molar-refractivity contribution in [3.63, 3.8) is 0 Å². The molecule has 0 radical (unpaired) electrons. The van der Waals surface area contributed by atoms with Crippen LogP contribution in [0.5, 0.6) is 0 Å². The van der Waals surface area contributed by atoms with Gasteiger partial charge in [0.1, 0.15) is 0 Å². The third-order valence-corrected chi connectivity index (χ3v) is 5.47. The molecule has 1 amide bonds. The Bertz CT molecular complexity index is 1030. The molecule has 29 heavy (non-hydrogen) atoms. The summed E-state index contributed by atoms with van der Waals surface area (Å²) in [6.07, 6.45) is -5.01. The average molecular weight is 487 g/mol. The van der Waals surface area contributed by atoms with E-state index in [1.54, 1.807) is 13.8 Å². The lowest BCUT2D eigenvalue weighted by Gasteiger charge is -2.17. The Kier molecular flexibility index (Phi) is 7.39. The Morgan fingerprint density at radius 2 is 1.76 bits per heavy atom. The van der Waals surface area contributed by atoms with Crippen molar-refractivity contribution in [3.8, 4) is 0 Å². The largest absolute Gasteiger partial charge is 0.416 e. The predicted molar refractivity (Wildman–Crippen MR) is 111 cm³/mol. The number of benzene rings is 2. The number of carbonyl (C=O) groups is 1. The molecule has 158 valence electrons. The lowest BCUT2D eigenvalue weighted by molar-refractivity contribution is -0.137. The van der Waals surface area contributed by atoms with Crippen LogP contribution < -0.4 is 10.0 Å². The molecule has 0 aromatic heterocycles. The average Bonchev–Trinajstić information content (AvgIpc) is 2.55. The van der Waals surface area contributed by atoms with Gasteiger partial charge in [-0.3, -0.25) is 13.7 Å². The molecule has 2 aromatic carbocycles. The number of anilines is 2. The topological polar surface area (TPSA) is 67.4 Å². The predicted octanol–water partition coefficient (Wildman–Crippen LogP) is 5.68. The zero-order valence-corrected chi connectivity index (χ0v) is 18.1. The van der Waals surface area contributed by atoms with Crippen LogP contribution in [0.3, 0.4) is 0 Å². The van der Waals surface area contributed by atoms with Crippen LogP contribution >= 0.6 is 23.2 Å². The molecule has 2 N–H and O–H groups in total. The van der Waals surface area contributed by atoms with Crippen molar-refractivity contribution in [1.29, 1.82) is 0 Å². The molecule has 1 atom stereocenters. The lowest BCUT2D eigenvalue weighted by Crippen LogP contribution is -2.22. The minimum Gasteiger partial charge on any atom is -0.321 e. The SMILES string of the molecule is CC(C)OS(=O)(=S)Nc1ccc(Cl)cc1C(=O)Nc1ccc(C(F)(F)F)cc1Cl. The van der Waals surface area contributed by atoms with Crippen molar-refractivity contribution in [2.45, 2.75) is 26.1 Å². The summed E-state index contributed by atoms with van der Waals surface area (Å²) in [6.45, 7) is 3.27. The van der Waals surface area contributed by atoms with Crippen molar-refractivity contribution < 1.29 is 26.4 Å². The molecule has 1 unspecified atom stereocenters. The fourth-order valence-electron chi connectivity index (χ4n) is 2.19. The maximum absolute atomic E-state index is 12.8. The summed E-state index contributed by atoms with van der Waals surface area (Å²) >= 11 is 16.7. The molecule has 0 bridgehead atoms. The zero-order valence-electron chi connectivity index (χ0n) is 15.0. The summed E-state index contributed by atoms with van der Waals surface area (Å²) in [7, 11) is -3.40. The first kappa shape index (κ1) is 23.7. The summed E-state index contributed by atoms with van der Waals surface area (Å²) in [4.78, 5) is 12.7. The molecule has 0 heterocycles. The molecule has 0 saturated heterocycles. The van der Waals surface area contributed by atoms with Crippen molar-refractivity contribution in [1.82, 2.24) is 0 Å². The van der Waals surface area contributed by atoms with Crippen LogP contribution in [0.4, 0.5) is 24.5 Å². The normalized spacial score (nSPS) is 13.8. The van der Waals surface area contributed by atoms with Crippen molar-refractivity contribution in [2.24, 2.45) is 0 Å². The van der Waals surface area contributed by atoms with Gasteiger partial charge in [-0.05, 0) is 50.2 Å². The molecular formula is C17H15Cl2F3N2O3S2. The van der Waals surface area contributed by atoms with Gasteiger partial charge >= 0.3 is 6.18 Å². The lowest BCUT2D eigenvalue weighted by atomic mass is 10.1. The minimum absolute atomic E-state index is 0.0480. The first-order valence-electron chi connectivity index (χ1n) is 7.97. The van der Waals surface area contributed by atoms with E-state index in [1.807, 2.05) is 0 Å². The zero-order chi connectivity index (χ0) is 22.0. The summed E-state index contributed by atoms with van der Waals surface area (Å²) in [5, 5.41) is 2.28. The Hall–Kier alpha value is -1.59. The number of carbonyl (C=O) groups excluding carboxylic acids is 1. The maximum atomic E-state index is 12.8. The maximum Gasteiger partial charge on any atom is 0.416 e. The second-order valence-corrected chi connectivity index (χ2v) is 9.50. The Labute approximate surface area is 180 Å². The van der Waals surface area contributed by atoms with Crippen molar-refractivity contribution in [3.05, 3.63) is 57.6 Å². The summed E-state index contributed by atoms with van der Waals surface area (Å²) in [5.41, 5.74) is -0.996. The Morgan fingerprint density at radius 1 is 1.14 bits per heavy atom. The number of alkyl halides is 3. The smallest absolute Gasteiger partial charge is 0.321 e. The van der Waals surface area contributed by atoms with Gasteiger partial charge in [0.05, 0.1) is 33.6 Å². The van der Waals surface area contributed by atoms with Gasteiger partial charge in [0.25, 0.3) is 5.91 Å². The second kappa shape index (κ2) is 9.05. The highest BCUT2D eigenvalue weighted by atomic mass is 35.5. The van der Waals surface area contributed by atoms with Crippen molar-refractivity contribution >= 4 is 60.6 Å². The van der Waals surface area contributed by atoms with E-state index in [1.165, 1.54) is 18.2 Å². The number of hydrogen-bond donors (Lipinski definition) is 2. The number of nitrogens with one attached hydrogen (secondary N) is 2. The van der Waals surface area contributed by atoms with Gasteiger partial charge in [0.2, 0.25) is 8.96 Å². The van der Waals surface area contributed by atoms with Gasteiger partial charge < -0.3 is 5.32 Å². The number of hydrogen-bond acceptors (Lipinski definition) is 4. The fraction of sp³-hybridized carbons (Fsp3) is 0.235. The third kappa shape index (κ3) is 6.71. The Morgan fingerprint density at radius 3 is 2.31 bits per heavy atom. The van der Waals surface area contributed by atoms with E-state index in [-0.39, 0.29) is 27.0 Å². The molecule has 0 spiro atoms. The fourth-order valence-corrected chi connectivity index (χ4v) is 4.33. The quantitative estimate of drug-likeness (QED) is 0.551. The highest BCUT2D eigenvalue weighted by Gasteiger charge is 2.31. The molecule has 0 aliphatic heterocycles. The van der Waals surface area contributed by atoms with Crippen molar-refractivity contribution in [2.75, 3.05) is 10.0 Å². The summed E-state index contributed by atoms with van der Waals surface area (Å²) in [5.74, 6) is -0.758. The van der Waals surface area contributed by atoms with Gasteiger partial charge in [0, 0.05) is 16.2 Å². The Balaban J connectivity index is 2.33. The van der Waals surface area contributed by atoms with E-state index < -0.39 is 32.7 Å². The molecule has 0 aliphatic carbocycles. The highest BCUT2D eigenvalue weighted by molar-refractivity contribution is 8.30. The van der Waals surface area contributed by atoms with Crippen LogP contribution in [0, 0.1) is 0 Å². The highest BCUT2D eigenvalue weighted by Crippen LogP contribution is 2.34. The summed E-state index contributed by atoms with van der Waals surface area (Å²) in [6, 6.07) is 6.59. The van der Waals surface area contributed by atoms with E-state index in [4.69, 9.17) is 38.6 Å². The van der Waals surface area contributed by atoms with Gasteiger partial charge in [-0.15, -0.1) is 0 Å². The summed E-state index contributed by atoms with van der Waals surface area (Å²) < 4.78 is 58.2. The molecule has 2 aromatic rings. The first-order valence-corrected chi connectivity index (χ1v) is 11.1. The van der Waals surface area contributed by atoms with Crippen LogP contribution in [0.2, 0.25) is 10.0 Å². The van der Waals surface area contributed by atoms with E-state index in [0.29, 0.717) is 6.07 Å². The van der Waals surface area contributed by atoms with Crippen LogP contribution in [-0.2, 0) is 30.5 Å². The standard InChI is InChI=1S/C17H15Cl2F3N2O3S2/c1-9(2)27-29(26,28)24-14-6-4-11(18)8-12(14)16(25)23-15-5-3-10(7-13(15)19)17(20,21)22/h3-9,24H,1-2H3,(H,23,25). The molecule has 0 fully saturated rings. The van der Waals surface area contributed by atoms with Gasteiger partial charge in [-0.2, -0.15) is 13.2 Å². The monoisotopic (exact) mass is 486 g/mol. The third-order valence-electron chi connectivity index (χ3n) is 3.32. The van der Waals surface area contributed by atoms with Gasteiger partial charge in [-0.25, -0.2) is 4.21 Å². The van der Waals surface area contributed by atoms with E-state index in [9.17, 15) is 22.2 Å². The molecular weight excluding hydrogens is 472 g/mol. The van der Waals surface area contributed by atoms with E-state index in [0.717, 1.165) is 12.1 Å². The van der Waals surface area contributed by atoms with Crippen LogP contribution in [0.15, 0.2) is 36.4 Å². The minimum atomic E-state index is -4.57. The molecule has 2 rings (SSSR count). The number of amides is 1. The van der Waals surface area contributed by atoms with Gasteiger partial charge in [-0.1, -0.05) is 23.2 Å². The van der Waals surface area contributed by atoms with Crippen LogP contribution in [0.25, 0.3) is 0 Å². The molecule has 12 heteroatoms. The van der Waals surface area contributed by atoms with Crippen LogP contribution in [0.1, 0.15) is 29.8 Å². The van der Waals surface area contributed by atoms with Crippen LogP contribution in [-0.4, -0.2) is 16.2 Å². The molecule has 0 aliphatic rings. The van der Waals surface area contributed by atoms with E-state index in [2.05, 4.69) is 10.0 Å². The van der Waals surface area contributed by atoms with Gasteiger partial charge in [0.15, 0.2) is 0 Å². The number of halogens is 5. The molecule has 0 saturated carbocycles. The first-order chi connectivity index (χ1) is 13.3. The molecule has 5 nitrogen and oxygen atoms in total.